The number of nitro groups is 1. The second kappa shape index (κ2) is 10.9. The first-order valence-electron chi connectivity index (χ1n) is 9.63. The molecule has 0 heterocycles. The lowest BCUT2D eigenvalue weighted by molar-refractivity contribution is -0.384. The number of benzene rings is 3. The summed E-state index contributed by atoms with van der Waals surface area (Å²) >= 11 is 3.19. The van der Waals surface area contributed by atoms with Crippen molar-refractivity contribution in [3.63, 3.8) is 0 Å². The first-order valence-corrected chi connectivity index (χ1v) is 10.4. The number of hydrogen-bond acceptors (Lipinski definition) is 6. The van der Waals surface area contributed by atoms with Crippen molar-refractivity contribution in [3.05, 3.63) is 98.0 Å². The number of nitro benzene ring substituents is 1. The van der Waals surface area contributed by atoms with Crippen LogP contribution in [0, 0.1) is 21.4 Å². The number of halogens is 1. The normalized spacial score (nSPS) is 10.8. The molecule has 3 aromatic carbocycles. The van der Waals surface area contributed by atoms with Crippen molar-refractivity contribution in [2.24, 2.45) is 0 Å². The van der Waals surface area contributed by atoms with Gasteiger partial charge in [-0.05, 0) is 51.3 Å². The molecule has 0 radical (unpaired) electrons. The van der Waals surface area contributed by atoms with Gasteiger partial charge in [0.05, 0.1) is 17.7 Å². The van der Waals surface area contributed by atoms with Crippen LogP contribution < -0.4 is 14.8 Å². The van der Waals surface area contributed by atoms with Crippen LogP contribution in [0.2, 0.25) is 0 Å². The fourth-order valence-electron chi connectivity index (χ4n) is 2.86. The zero-order valence-corrected chi connectivity index (χ0v) is 19.0. The molecule has 0 aromatic heterocycles. The van der Waals surface area contributed by atoms with E-state index in [9.17, 15) is 20.2 Å². The summed E-state index contributed by atoms with van der Waals surface area (Å²) in [5.41, 5.74) is 1.56. The van der Waals surface area contributed by atoms with Gasteiger partial charge in [-0.1, -0.05) is 36.4 Å². The van der Waals surface area contributed by atoms with Gasteiger partial charge < -0.3 is 14.8 Å². The Kier molecular flexibility index (Phi) is 7.78. The van der Waals surface area contributed by atoms with E-state index < -0.39 is 10.8 Å². The first kappa shape index (κ1) is 23.5. The number of carbonyl (C=O) groups excluding carboxylic acids is 1. The molecule has 0 saturated heterocycles. The maximum atomic E-state index is 12.6. The second-order valence-electron chi connectivity index (χ2n) is 6.73. The van der Waals surface area contributed by atoms with Crippen LogP contribution in [-0.4, -0.2) is 17.9 Å². The molecule has 0 bridgehead atoms. The lowest BCUT2D eigenvalue weighted by Crippen LogP contribution is -2.14. The highest BCUT2D eigenvalue weighted by Gasteiger charge is 2.15. The number of hydrogen-bond donors (Lipinski definition) is 1. The number of ether oxygens (including phenoxy) is 2. The van der Waals surface area contributed by atoms with Crippen molar-refractivity contribution in [2.45, 2.75) is 6.61 Å². The molecule has 0 atom stereocenters. The van der Waals surface area contributed by atoms with Crippen molar-refractivity contribution >= 4 is 39.3 Å². The van der Waals surface area contributed by atoms with Crippen LogP contribution in [0.5, 0.6) is 11.5 Å². The molecule has 166 valence electrons. The number of methoxy groups -OCH3 is 1. The van der Waals surface area contributed by atoms with Crippen LogP contribution in [0.4, 0.5) is 11.4 Å². The van der Waals surface area contributed by atoms with Gasteiger partial charge in [0.15, 0.2) is 11.5 Å². The fraction of sp³-hybridized carbons (Fsp3) is 0.0833. The minimum Gasteiger partial charge on any atom is -0.493 e. The fourth-order valence-corrected chi connectivity index (χ4v) is 3.32. The topological polar surface area (TPSA) is 114 Å². The molecule has 8 nitrogen and oxygen atoms in total. The molecule has 0 aliphatic heterocycles. The maximum Gasteiger partial charge on any atom is 0.270 e. The van der Waals surface area contributed by atoms with Crippen LogP contribution in [0.1, 0.15) is 11.1 Å². The average molecular weight is 508 g/mol. The molecular formula is C24H18BrN3O5. The van der Waals surface area contributed by atoms with E-state index in [4.69, 9.17) is 9.47 Å². The number of nitrogens with zero attached hydrogens (tertiary/aromatic N) is 2. The van der Waals surface area contributed by atoms with Gasteiger partial charge in [-0.2, -0.15) is 5.26 Å². The third-order valence-electron chi connectivity index (χ3n) is 4.51. The van der Waals surface area contributed by atoms with E-state index in [1.807, 2.05) is 36.4 Å². The quantitative estimate of drug-likeness (QED) is 0.186. The molecule has 0 spiro atoms. The highest BCUT2D eigenvalue weighted by atomic mass is 79.9. The van der Waals surface area contributed by atoms with Gasteiger partial charge in [-0.25, -0.2) is 0 Å². The Morgan fingerprint density at radius 1 is 1.15 bits per heavy atom. The maximum absolute atomic E-state index is 12.6. The molecule has 3 rings (SSSR count). The number of nitrogens with one attached hydrogen (secondary N) is 1. The number of carbonyl (C=O) groups is 1. The summed E-state index contributed by atoms with van der Waals surface area (Å²) in [4.78, 5) is 23.0. The molecule has 0 aliphatic rings. The van der Waals surface area contributed by atoms with Gasteiger partial charge in [0.2, 0.25) is 0 Å². The number of nitriles is 1. The van der Waals surface area contributed by atoms with Crippen LogP contribution in [0.3, 0.4) is 0 Å². The van der Waals surface area contributed by atoms with Crippen LogP contribution in [0.25, 0.3) is 6.08 Å². The van der Waals surface area contributed by atoms with E-state index in [1.165, 1.54) is 31.4 Å². The summed E-state index contributed by atoms with van der Waals surface area (Å²) in [6.45, 7) is 0.324. The van der Waals surface area contributed by atoms with Crippen molar-refractivity contribution < 1.29 is 19.2 Å². The summed E-state index contributed by atoms with van der Waals surface area (Å²) in [5.74, 6) is 0.321. The van der Waals surface area contributed by atoms with Gasteiger partial charge >= 0.3 is 0 Å². The SMILES string of the molecule is COc1ccc(C=C(C#N)C(=O)Nc2ccc([N+](=O)[O-])cc2Br)cc1OCc1ccccc1. The van der Waals surface area contributed by atoms with Crippen LogP contribution in [-0.2, 0) is 11.4 Å². The first-order chi connectivity index (χ1) is 15.9. The summed E-state index contributed by atoms with van der Waals surface area (Å²) in [6, 6.07) is 20.5. The van der Waals surface area contributed by atoms with E-state index in [0.29, 0.717) is 33.8 Å². The Morgan fingerprint density at radius 3 is 2.55 bits per heavy atom. The van der Waals surface area contributed by atoms with Crippen LogP contribution in [0.15, 0.2) is 76.8 Å². The van der Waals surface area contributed by atoms with Gasteiger partial charge in [0, 0.05) is 16.6 Å². The predicted molar refractivity (Wildman–Crippen MR) is 127 cm³/mol. The van der Waals surface area contributed by atoms with Crippen molar-refractivity contribution in [3.8, 4) is 17.6 Å². The number of rotatable bonds is 8. The summed E-state index contributed by atoms with van der Waals surface area (Å²) in [6.07, 6.45) is 1.42. The van der Waals surface area contributed by atoms with E-state index in [1.54, 1.807) is 18.2 Å². The molecule has 0 saturated carbocycles. The number of anilines is 1. The Balaban J connectivity index is 1.80. The van der Waals surface area contributed by atoms with Crippen LogP contribution >= 0.6 is 15.9 Å². The zero-order chi connectivity index (χ0) is 23.8. The van der Waals surface area contributed by atoms with Crippen molar-refractivity contribution in [1.82, 2.24) is 0 Å². The Bertz CT molecular complexity index is 1250. The molecule has 1 N–H and O–H groups in total. The molecule has 1 amide bonds. The highest BCUT2D eigenvalue weighted by molar-refractivity contribution is 9.10. The Morgan fingerprint density at radius 2 is 1.91 bits per heavy atom. The molecule has 0 unspecified atom stereocenters. The molecular weight excluding hydrogens is 490 g/mol. The van der Waals surface area contributed by atoms with E-state index in [2.05, 4.69) is 21.2 Å². The molecule has 0 aliphatic carbocycles. The average Bonchev–Trinajstić information content (AvgIpc) is 2.83. The minimum absolute atomic E-state index is 0.128. The molecule has 9 heteroatoms. The third-order valence-corrected chi connectivity index (χ3v) is 5.17. The van der Waals surface area contributed by atoms with E-state index in [0.717, 1.165) is 5.56 Å². The molecule has 33 heavy (non-hydrogen) atoms. The van der Waals surface area contributed by atoms with Gasteiger partial charge in [-0.15, -0.1) is 0 Å². The van der Waals surface area contributed by atoms with Crippen molar-refractivity contribution in [2.75, 3.05) is 12.4 Å². The van der Waals surface area contributed by atoms with Gasteiger partial charge in [-0.3, -0.25) is 14.9 Å². The van der Waals surface area contributed by atoms with Crippen molar-refractivity contribution in [1.29, 1.82) is 5.26 Å². The van der Waals surface area contributed by atoms with Gasteiger partial charge in [0.25, 0.3) is 11.6 Å². The summed E-state index contributed by atoms with van der Waals surface area (Å²) in [7, 11) is 1.52. The zero-order valence-electron chi connectivity index (χ0n) is 17.4. The summed E-state index contributed by atoms with van der Waals surface area (Å²) in [5, 5.41) is 23.0. The largest absolute Gasteiger partial charge is 0.493 e. The molecule has 0 fully saturated rings. The monoisotopic (exact) mass is 507 g/mol. The Hall–Kier alpha value is -4.16. The highest BCUT2D eigenvalue weighted by Crippen LogP contribution is 2.30. The third kappa shape index (κ3) is 6.18. The number of amides is 1. The second-order valence-corrected chi connectivity index (χ2v) is 7.58. The predicted octanol–water partition coefficient (Wildman–Crippen LogP) is 5.49. The summed E-state index contributed by atoms with van der Waals surface area (Å²) < 4.78 is 11.5. The lowest BCUT2D eigenvalue weighted by atomic mass is 10.1. The van der Waals surface area contributed by atoms with Gasteiger partial charge in [0.1, 0.15) is 18.2 Å². The lowest BCUT2D eigenvalue weighted by Gasteiger charge is -2.12. The number of non-ortho nitro benzene ring substituents is 1. The standard InChI is InChI=1S/C24H18BrN3O5/c1-32-22-10-7-17(12-23(22)33-15-16-5-3-2-4-6-16)11-18(14-26)24(29)27-21-9-8-19(28(30)31)13-20(21)25/h2-13H,15H2,1H3,(H,27,29). The minimum atomic E-state index is -0.658. The molecule has 3 aromatic rings. The van der Waals surface area contributed by atoms with E-state index in [-0.39, 0.29) is 11.3 Å². The Labute approximate surface area is 198 Å². The van der Waals surface area contributed by atoms with E-state index >= 15 is 0 Å². The smallest absolute Gasteiger partial charge is 0.270 e.